The first-order chi connectivity index (χ1) is 10.1. The van der Waals surface area contributed by atoms with E-state index in [2.05, 4.69) is 15.2 Å². The van der Waals surface area contributed by atoms with E-state index < -0.39 is 6.09 Å². The highest BCUT2D eigenvalue weighted by Gasteiger charge is 2.31. The van der Waals surface area contributed by atoms with E-state index in [1.54, 1.807) is 11.8 Å². The zero-order valence-corrected chi connectivity index (χ0v) is 12.3. The number of aliphatic hydroxyl groups excluding tert-OH is 1. The maximum atomic E-state index is 11.7. The molecule has 1 atom stereocenters. The van der Waals surface area contributed by atoms with Crippen LogP contribution in [0.2, 0.25) is 5.15 Å². The lowest BCUT2D eigenvalue weighted by Gasteiger charge is -2.39. The largest absolute Gasteiger partial charge is 0.450 e. The molecule has 0 radical (unpaired) electrons. The molecular weight excluding hydrogens is 300 g/mol. The Hall–Kier alpha value is -1.87. The summed E-state index contributed by atoms with van der Waals surface area (Å²) in [5.41, 5.74) is 5.61. The number of carbonyl (C=O) groups is 1. The van der Waals surface area contributed by atoms with Crippen LogP contribution >= 0.6 is 11.6 Å². The van der Waals surface area contributed by atoms with E-state index in [0.717, 1.165) is 0 Å². The van der Waals surface area contributed by atoms with Crippen molar-refractivity contribution in [3.63, 3.8) is 0 Å². The van der Waals surface area contributed by atoms with Crippen LogP contribution in [-0.4, -0.2) is 70.2 Å². The normalized spacial score (nSPS) is 18.7. The van der Waals surface area contributed by atoms with Crippen LogP contribution in [0.1, 0.15) is 6.92 Å². The molecule has 1 amide bonds. The molecular formula is C11H17ClN6O3. The fourth-order valence-corrected chi connectivity index (χ4v) is 2.17. The van der Waals surface area contributed by atoms with E-state index in [4.69, 9.17) is 22.1 Å². The van der Waals surface area contributed by atoms with Gasteiger partial charge in [0, 0.05) is 19.6 Å². The maximum Gasteiger partial charge on any atom is 0.409 e. The summed E-state index contributed by atoms with van der Waals surface area (Å²) < 4.78 is 4.96. The number of carbonyl (C=O) groups excluding carboxylic acids is 1. The van der Waals surface area contributed by atoms with Gasteiger partial charge in [-0.2, -0.15) is 4.98 Å². The second-order valence-corrected chi connectivity index (χ2v) is 4.82. The van der Waals surface area contributed by atoms with Crippen molar-refractivity contribution in [1.29, 1.82) is 0 Å². The first kappa shape index (κ1) is 15.5. The number of rotatable bonds is 3. The van der Waals surface area contributed by atoms with Crippen molar-refractivity contribution in [3.8, 4) is 0 Å². The fourth-order valence-electron chi connectivity index (χ4n) is 2.09. The Kier molecular flexibility index (Phi) is 4.97. The Bertz CT molecular complexity index is 517. The quantitative estimate of drug-likeness (QED) is 0.783. The number of halogens is 1. The number of anilines is 2. The third-order valence-corrected chi connectivity index (χ3v) is 3.40. The third-order valence-electron chi connectivity index (χ3n) is 3.14. The van der Waals surface area contributed by atoms with Gasteiger partial charge in [0.25, 0.3) is 0 Å². The highest BCUT2D eigenvalue weighted by Crippen LogP contribution is 2.20. The van der Waals surface area contributed by atoms with Crippen LogP contribution in [0.15, 0.2) is 0 Å². The molecule has 0 saturated carbocycles. The Morgan fingerprint density at radius 1 is 1.52 bits per heavy atom. The summed E-state index contributed by atoms with van der Waals surface area (Å²) in [4.78, 5) is 19.1. The molecule has 1 aliphatic heterocycles. The Balaban J connectivity index is 2.12. The Morgan fingerprint density at radius 2 is 2.29 bits per heavy atom. The van der Waals surface area contributed by atoms with Crippen LogP contribution in [0.3, 0.4) is 0 Å². The summed E-state index contributed by atoms with van der Waals surface area (Å²) in [6.45, 7) is 3.06. The lowest BCUT2D eigenvalue weighted by atomic mass is 10.2. The topological polar surface area (TPSA) is 118 Å². The number of hydrogen-bond acceptors (Lipinski definition) is 8. The average Bonchev–Trinajstić information content (AvgIpc) is 2.49. The smallest absolute Gasteiger partial charge is 0.409 e. The minimum absolute atomic E-state index is 0.0319. The SMILES string of the molecule is CCOC(=O)N1CCN(c2nnc(Cl)c(N)n2)C(CO)C1. The molecule has 116 valence electrons. The van der Waals surface area contributed by atoms with E-state index in [0.29, 0.717) is 26.2 Å². The van der Waals surface area contributed by atoms with Gasteiger partial charge in [-0.05, 0) is 6.92 Å². The summed E-state index contributed by atoms with van der Waals surface area (Å²) in [6.07, 6.45) is -0.398. The van der Waals surface area contributed by atoms with Gasteiger partial charge in [0.05, 0.1) is 19.3 Å². The first-order valence-electron chi connectivity index (χ1n) is 6.51. The summed E-state index contributed by atoms with van der Waals surface area (Å²) in [6, 6.07) is -0.356. The molecule has 2 heterocycles. The molecule has 3 N–H and O–H groups in total. The van der Waals surface area contributed by atoms with Gasteiger partial charge in [-0.1, -0.05) is 11.6 Å². The number of amides is 1. The minimum Gasteiger partial charge on any atom is -0.450 e. The van der Waals surface area contributed by atoms with Crippen LogP contribution < -0.4 is 10.6 Å². The van der Waals surface area contributed by atoms with Crippen molar-refractivity contribution in [2.45, 2.75) is 13.0 Å². The number of hydrogen-bond donors (Lipinski definition) is 2. The zero-order chi connectivity index (χ0) is 15.4. The van der Waals surface area contributed by atoms with E-state index in [1.165, 1.54) is 4.90 Å². The number of nitrogens with zero attached hydrogens (tertiary/aromatic N) is 5. The van der Waals surface area contributed by atoms with E-state index in [-0.39, 0.29) is 29.6 Å². The van der Waals surface area contributed by atoms with Gasteiger partial charge < -0.3 is 25.4 Å². The molecule has 1 aromatic rings. The lowest BCUT2D eigenvalue weighted by molar-refractivity contribution is 0.0927. The molecule has 0 aromatic carbocycles. The van der Waals surface area contributed by atoms with Gasteiger partial charge in [0.15, 0.2) is 11.0 Å². The molecule has 10 heteroatoms. The minimum atomic E-state index is -0.398. The van der Waals surface area contributed by atoms with Gasteiger partial charge in [-0.15, -0.1) is 10.2 Å². The lowest BCUT2D eigenvalue weighted by Crippen LogP contribution is -2.57. The van der Waals surface area contributed by atoms with Gasteiger partial charge in [0.2, 0.25) is 5.95 Å². The first-order valence-corrected chi connectivity index (χ1v) is 6.89. The molecule has 0 bridgehead atoms. The molecule has 21 heavy (non-hydrogen) atoms. The molecule has 1 aliphatic rings. The van der Waals surface area contributed by atoms with E-state index >= 15 is 0 Å². The molecule has 9 nitrogen and oxygen atoms in total. The maximum absolute atomic E-state index is 11.7. The van der Waals surface area contributed by atoms with Crippen molar-refractivity contribution in [2.24, 2.45) is 0 Å². The molecule has 1 unspecified atom stereocenters. The van der Waals surface area contributed by atoms with Gasteiger partial charge in [-0.3, -0.25) is 0 Å². The van der Waals surface area contributed by atoms with Crippen LogP contribution in [0, 0.1) is 0 Å². The van der Waals surface area contributed by atoms with Crippen LogP contribution in [0.25, 0.3) is 0 Å². The summed E-state index contributed by atoms with van der Waals surface area (Å²) in [5, 5.41) is 17.1. The molecule has 0 aliphatic carbocycles. The predicted molar refractivity (Wildman–Crippen MR) is 76.1 cm³/mol. The van der Waals surface area contributed by atoms with Crippen LogP contribution in [-0.2, 0) is 4.74 Å². The number of aliphatic hydroxyl groups is 1. The summed E-state index contributed by atoms with van der Waals surface area (Å²) in [5.74, 6) is 0.352. The number of ether oxygens (including phenoxy) is 1. The number of piperazine rings is 1. The number of nitrogen functional groups attached to an aromatic ring is 1. The number of aromatic nitrogens is 3. The highest BCUT2D eigenvalue weighted by molar-refractivity contribution is 6.31. The zero-order valence-electron chi connectivity index (χ0n) is 11.6. The standard InChI is InChI=1S/C11H17ClN6O3/c1-2-21-11(20)17-3-4-18(7(5-17)6-19)10-14-9(13)8(12)15-16-10/h7,19H,2-6H2,1H3,(H2,13,14,16). The average molecular weight is 317 g/mol. The van der Waals surface area contributed by atoms with Gasteiger partial charge in [0.1, 0.15) is 0 Å². The monoisotopic (exact) mass is 316 g/mol. The Labute approximate surface area is 126 Å². The highest BCUT2D eigenvalue weighted by atomic mass is 35.5. The predicted octanol–water partition coefficient (Wildman–Crippen LogP) is -0.253. The van der Waals surface area contributed by atoms with E-state index in [9.17, 15) is 9.90 Å². The molecule has 0 spiro atoms. The van der Waals surface area contributed by atoms with Crippen molar-refractivity contribution in [2.75, 3.05) is 43.5 Å². The van der Waals surface area contributed by atoms with Crippen LogP contribution in [0.4, 0.5) is 16.6 Å². The number of nitrogens with two attached hydrogens (primary N) is 1. The second-order valence-electron chi connectivity index (χ2n) is 4.46. The van der Waals surface area contributed by atoms with Crippen molar-refractivity contribution >= 4 is 29.5 Å². The van der Waals surface area contributed by atoms with E-state index in [1.807, 2.05) is 0 Å². The molecule has 1 aromatic heterocycles. The van der Waals surface area contributed by atoms with Gasteiger partial charge in [-0.25, -0.2) is 4.79 Å². The molecule has 2 rings (SSSR count). The summed E-state index contributed by atoms with van der Waals surface area (Å²) >= 11 is 5.69. The fraction of sp³-hybridized carbons (Fsp3) is 0.636. The molecule has 1 saturated heterocycles. The Morgan fingerprint density at radius 3 is 2.90 bits per heavy atom. The van der Waals surface area contributed by atoms with Crippen molar-refractivity contribution in [1.82, 2.24) is 20.1 Å². The van der Waals surface area contributed by atoms with Gasteiger partial charge >= 0.3 is 6.09 Å². The van der Waals surface area contributed by atoms with Crippen molar-refractivity contribution < 1.29 is 14.6 Å². The second kappa shape index (κ2) is 6.72. The van der Waals surface area contributed by atoms with Crippen molar-refractivity contribution in [3.05, 3.63) is 5.15 Å². The third kappa shape index (κ3) is 3.42. The van der Waals surface area contributed by atoms with Crippen LogP contribution in [0.5, 0.6) is 0 Å². The summed E-state index contributed by atoms with van der Waals surface area (Å²) in [7, 11) is 0. The molecule has 1 fully saturated rings.